The Kier molecular flexibility index (Phi) is 9.10. The van der Waals surface area contributed by atoms with Crippen molar-refractivity contribution in [3.8, 4) is 5.75 Å². The van der Waals surface area contributed by atoms with Gasteiger partial charge in [-0.25, -0.2) is 9.59 Å². The van der Waals surface area contributed by atoms with E-state index in [1.165, 1.54) is 18.3 Å². The molecule has 1 N–H and O–H groups in total. The lowest BCUT2D eigenvalue weighted by molar-refractivity contribution is -0.123. The SMILES string of the molecule is CCCCOc1ccc(C(=O)OC(C)C(=O)Nc2sc3c(c2C(=O)OCC)CCC(C)C3)cc1. The van der Waals surface area contributed by atoms with E-state index in [2.05, 4.69) is 19.2 Å². The van der Waals surface area contributed by atoms with E-state index in [0.29, 0.717) is 34.4 Å². The van der Waals surface area contributed by atoms with Crippen molar-refractivity contribution in [2.24, 2.45) is 5.92 Å². The van der Waals surface area contributed by atoms with Crippen LogP contribution in [0.15, 0.2) is 24.3 Å². The average molecular weight is 488 g/mol. The Morgan fingerprint density at radius 2 is 1.88 bits per heavy atom. The summed E-state index contributed by atoms with van der Waals surface area (Å²) in [5, 5.41) is 3.26. The van der Waals surface area contributed by atoms with E-state index in [-0.39, 0.29) is 6.61 Å². The third-order valence-electron chi connectivity index (χ3n) is 5.74. The van der Waals surface area contributed by atoms with E-state index >= 15 is 0 Å². The van der Waals surface area contributed by atoms with Gasteiger partial charge in [0.1, 0.15) is 10.8 Å². The quantitative estimate of drug-likeness (QED) is 0.356. The largest absolute Gasteiger partial charge is 0.494 e. The molecule has 2 atom stereocenters. The predicted octanol–water partition coefficient (Wildman–Crippen LogP) is 5.41. The second-order valence-electron chi connectivity index (χ2n) is 8.54. The van der Waals surface area contributed by atoms with Gasteiger partial charge in [0.2, 0.25) is 0 Å². The molecular weight excluding hydrogens is 454 g/mol. The number of amides is 1. The van der Waals surface area contributed by atoms with Crippen molar-refractivity contribution in [2.75, 3.05) is 18.5 Å². The highest BCUT2D eigenvalue weighted by atomic mass is 32.1. The normalized spacial score (nSPS) is 15.7. The first-order valence-electron chi connectivity index (χ1n) is 11.9. The zero-order chi connectivity index (χ0) is 24.7. The van der Waals surface area contributed by atoms with Gasteiger partial charge >= 0.3 is 11.9 Å². The van der Waals surface area contributed by atoms with Crippen LogP contribution in [0, 0.1) is 5.92 Å². The second kappa shape index (κ2) is 12.0. The summed E-state index contributed by atoms with van der Waals surface area (Å²) in [6.07, 6.45) is 3.59. The Morgan fingerprint density at radius 1 is 1.15 bits per heavy atom. The van der Waals surface area contributed by atoms with E-state index in [4.69, 9.17) is 14.2 Å². The summed E-state index contributed by atoms with van der Waals surface area (Å²) < 4.78 is 16.2. The zero-order valence-corrected chi connectivity index (χ0v) is 21.1. The fourth-order valence-corrected chi connectivity index (χ4v) is 5.18. The number of unbranched alkanes of at least 4 members (excludes halogenated alkanes) is 1. The lowest BCUT2D eigenvalue weighted by Gasteiger charge is -2.18. The molecule has 1 amide bonds. The van der Waals surface area contributed by atoms with Gasteiger partial charge < -0.3 is 19.5 Å². The fraction of sp³-hybridized carbons (Fsp3) is 0.500. The van der Waals surface area contributed by atoms with Crippen molar-refractivity contribution < 1.29 is 28.6 Å². The molecule has 2 unspecified atom stereocenters. The number of anilines is 1. The molecule has 184 valence electrons. The first-order valence-corrected chi connectivity index (χ1v) is 12.7. The number of carbonyl (C=O) groups is 3. The van der Waals surface area contributed by atoms with Crippen LogP contribution in [0.1, 0.15) is 78.1 Å². The number of hydrogen-bond donors (Lipinski definition) is 1. The molecule has 34 heavy (non-hydrogen) atoms. The molecule has 0 spiro atoms. The molecule has 2 aromatic rings. The zero-order valence-electron chi connectivity index (χ0n) is 20.3. The number of ether oxygens (including phenoxy) is 3. The van der Waals surface area contributed by atoms with Crippen LogP contribution in [-0.4, -0.2) is 37.2 Å². The molecule has 0 saturated carbocycles. The number of nitrogens with one attached hydrogen (secondary N) is 1. The maximum absolute atomic E-state index is 12.8. The summed E-state index contributed by atoms with van der Waals surface area (Å²) >= 11 is 1.40. The van der Waals surface area contributed by atoms with Gasteiger partial charge in [0.05, 0.1) is 24.3 Å². The van der Waals surface area contributed by atoms with Gasteiger partial charge in [-0.05, 0) is 75.3 Å². The molecule has 8 heteroatoms. The van der Waals surface area contributed by atoms with Gasteiger partial charge in [0.25, 0.3) is 5.91 Å². The van der Waals surface area contributed by atoms with E-state index in [1.807, 2.05) is 0 Å². The molecule has 1 aromatic heterocycles. The Bertz CT molecular complexity index is 1010. The van der Waals surface area contributed by atoms with Crippen LogP contribution in [-0.2, 0) is 27.1 Å². The number of hydrogen-bond acceptors (Lipinski definition) is 7. The maximum atomic E-state index is 12.8. The minimum absolute atomic E-state index is 0.254. The van der Waals surface area contributed by atoms with Crippen molar-refractivity contribution in [1.82, 2.24) is 0 Å². The van der Waals surface area contributed by atoms with Crippen molar-refractivity contribution in [3.63, 3.8) is 0 Å². The Balaban J connectivity index is 1.66. The molecule has 7 nitrogen and oxygen atoms in total. The van der Waals surface area contributed by atoms with E-state index in [1.54, 1.807) is 31.2 Å². The molecule has 0 fully saturated rings. The summed E-state index contributed by atoms with van der Waals surface area (Å²) in [5.41, 5.74) is 1.72. The number of thiophene rings is 1. The lowest BCUT2D eigenvalue weighted by Crippen LogP contribution is -2.30. The van der Waals surface area contributed by atoms with E-state index < -0.39 is 23.9 Å². The summed E-state index contributed by atoms with van der Waals surface area (Å²) in [4.78, 5) is 39.1. The topological polar surface area (TPSA) is 90.9 Å². The highest BCUT2D eigenvalue weighted by Gasteiger charge is 2.30. The molecular formula is C26H33NO6S. The van der Waals surface area contributed by atoms with Gasteiger partial charge in [0.15, 0.2) is 6.10 Å². The minimum Gasteiger partial charge on any atom is -0.494 e. The van der Waals surface area contributed by atoms with Crippen LogP contribution in [0.4, 0.5) is 5.00 Å². The summed E-state index contributed by atoms with van der Waals surface area (Å²) in [7, 11) is 0. The Morgan fingerprint density at radius 3 is 2.56 bits per heavy atom. The van der Waals surface area contributed by atoms with Crippen molar-refractivity contribution in [1.29, 1.82) is 0 Å². The second-order valence-corrected chi connectivity index (χ2v) is 9.64. The van der Waals surface area contributed by atoms with Crippen LogP contribution in [0.5, 0.6) is 5.75 Å². The number of benzene rings is 1. The number of carbonyl (C=O) groups excluding carboxylic acids is 3. The molecule has 1 aliphatic carbocycles. The molecule has 1 aliphatic rings. The Labute approximate surface area is 204 Å². The summed E-state index contributed by atoms with van der Waals surface area (Å²) in [6, 6.07) is 6.64. The van der Waals surface area contributed by atoms with Crippen LogP contribution in [0.25, 0.3) is 0 Å². The average Bonchev–Trinajstić information content (AvgIpc) is 3.16. The van der Waals surface area contributed by atoms with Gasteiger partial charge in [0, 0.05) is 4.88 Å². The van der Waals surface area contributed by atoms with E-state index in [9.17, 15) is 14.4 Å². The molecule has 1 aromatic carbocycles. The van der Waals surface area contributed by atoms with Gasteiger partial charge in [-0.1, -0.05) is 20.3 Å². The molecule has 0 bridgehead atoms. The van der Waals surface area contributed by atoms with Crippen molar-refractivity contribution in [2.45, 2.75) is 65.9 Å². The highest BCUT2D eigenvalue weighted by Crippen LogP contribution is 2.40. The predicted molar refractivity (Wildman–Crippen MR) is 132 cm³/mol. The molecule has 0 aliphatic heterocycles. The maximum Gasteiger partial charge on any atom is 0.341 e. The number of esters is 2. The lowest BCUT2D eigenvalue weighted by atomic mass is 9.88. The van der Waals surface area contributed by atoms with E-state index in [0.717, 1.165) is 42.5 Å². The summed E-state index contributed by atoms with van der Waals surface area (Å²) in [5.74, 6) is -0.334. The smallest absolute Gasteiger partial charge is 0.341 e. The van der Waals surface area contributed by atoms with Gasteiger partial charge in [-0.15, -0.1) is 11.3 Å². The van der Waals surface area contributed by atoms with Crippen LogP contribution in [0.3, 0.4) is 0 Å². The van der Waals surface area contributed by atoms with Crippen molar-refractivity contribution >= 4 is 34.2 Å². The molecule has 1 heterocycles. The van der Waals surface area contributed by atoms with Gasteiger partial charge in [-0.2, -0.15) is 0 Å². The standard InChI is InChI=1S/C26H33NO6S/c1-5-7-14-32-19-11-9-18(10-12-19)25(29)33-17(4)23(28)27-24-22(26(30)31-6-2)20-13-8-16(3)15-21(20)34-24/h9-12,16-17H,5-8,13-15H2,1-4H3,(H,27,28). The molecule has 3 rings (SSSR count). The minimum atomic E-state index is -1.04. The van der Waals surface area contributed by atoms with Crippen LogP contribution in [0.2, 0.25) is 0 Å². The third kappa shape index (κ3) is 6.38. The Hall–Kier alpha value is -2.87. The van der Waals surface area contributed by atoms with Crippen molar-refractivity contribution in [3.05, 3.63) is 45.8 Å². The fourth-order valence-electron chi connectivity index (χ4n) is 3.78. The number of fused-ring (bicyclic) bond motifs is 1. The first kappa shape index (κ1) is 25.7. The third-order valence-corrected chi connectivity index (χ3v) is 6.91. The van der Waals surface area contributed by atoms with Crippen LogP contribution >= 0.6 is 11.3 Å². The molecule has 0 saturated heterocycles. The number of rotatable bonds is 10. The molecule has 0 radical (unpaired) electrons. The summed E-state index contributed by atoms with van der Waals surface area (Å²) in [6.45, 7) is 8.40. The van der Waals surface area contributed by atoms with Crippen LogP contribution < -0.4 is 10.1 Å². The monoisotopic (exact) mass is 487 g/mol. The van der Waals surface area contributed by atoms with Gasteiger partial charge in [-0.3, -0.25) is 4.79 Å². The highest BCUT2D eigenvalue weighted by molar-refractivity contribution is 7.17. The first-order chi connectivity index (χ1) is 16.3.